The number of para-hydroxylation sites is 1. The van der Waals surface area contributed by atoms with Gasteiger partial charge in [-0.05, 0) is 25.0 Å². The van der Waals surface area contributed by atoms with Crippen LogP contribution in [0.25, 0.3) is 11.0 Å². The van der Waals surface area contributed by atoms with Crippen molar-refractivity contribution in [3.8, 4) is 0 Å². The highest BCUT2D eigenvalue weighted by Crippen LogP contribution is 2.37. The molecule has 2 aromatic rings. The van der Waals surface area contributed by atoms with Crippen molar-refractivity contribution in [3.63, 3.8) is 0 Å². The maximum absolute atomic E-state index is 5.09. The van der Waals surface area contributed by atoms with E-state index in [2.05, 4.69) is 52.6 Å². The van der Waals surface area contributed by atoms with E-state index in [-0.39, 0.29) is 11.5 Å². The molecule has 3 aliphatic rings. The third kappa shape index (κ3) is 3.16. The van der Waals surface area contributed by atoms with Gasteiger partial charge in [-0.2, -0.15) is 4.99 Å². The molecule has 2 fully saturated rings. The van der Waals surface area contributed by atoms with Crippen LogP contribution >= 0.6 is 0 Å². The van der Waals surface area contributed by atoms with Gasteiger partial charge in [0.15, 0.2) is 0 Å². The summed E-state index contributed by atoms with van der Waals surface area (Å²) in [5, 5.41) is 3.43. The number of hydrogen-bond acceptors (Lipinski definition) is 6. The fraction of sp³-hybridized carbons (Fsp3) is 0.522. The van der Waals surface area contributed by atoms with Gasteiger partial charge in [0.25, 0.3) is 0 Å². The SMILES string of the molecule is C=C1N(C)C2CN=C(Nc3cccc4[nH]cnc34)N=C2N(C2CCCC2)CC1(C)C. The Kier molecular flexibility index (Phi) is 4.56. The summed E-state index contributed by atoms with van der Waals surface area (Å²) in [6.07, 6.45) is 6.80. The van der Waals surface area contributed by atoms with Crippen molar-refractivity contribution in [2.75, 3.05) is 25.5 Å². The lowest BCUT2D eigenvalue weighted by molar-refractivity contribution is 0.229. The van der Waals surface area contributed by atoms with Crippen molar-refractivity contribution < 1.29 is 0 Å². The molecule has 1 aromatic heterocycles. The number of rotatable bonds is 2. The Bertz CT molecular complexity index is 1030. The van der Waals surface area contributed by atoms with Crippen LogP contribution in [0.3, 0.4) is 0 Å². The van der Waals surface area contributed by atoms with Crippen molar-refractivity contribution >= 4 is 28.5 Å². The van der Waals surface area contributed by atoms with Crippen molar-refractivity contribution in [2.45, 2.75) is 51.6 Å². The van der Waals surface area contributed by atoms with Crippen LogP contribution in [-0.4, -0.2) is 63.8 Å². The van der Waals surface area contributed by atoms with E-state index in [9.17, 15) is 0 Å². The van der Waals surface area contributed by atoms with Crippen molar-refractivity contribution in [2.24, 2.45) is 15.4 Å². The first kappa shape index (κ1) is 19.2. The zero-order valence-electron chi connectivity index (χ0n) is 18.1. The molecule has 3 heterocycles. The van der Waals surface area contributed by atoms with Gasteiger partial charge in [0.05, 0.1) is 24.1 Å². The molecule has 0 radical (unpaired) electrons. The molecule has 0 amide bonds. The lowest BCUT2D eigenvalue weighted by Crippen LogP contribution is -2.51. The van der Waals surface area contributed by atoms with Crippen LogP contribution in [0.15, 0.2) is 46.8 Å². The Balaban J connectivity index is 1.51. The molecular weight excluding hydrogens is 374 g/mol. The van der Waals surface area contributed by atoms with Crippen LogP contribution < -0.4 is 5.32 Å². The number of likely N-dealkylation sites (N-methyl/N-ethyl adjacent to an activating group) is 1. The number of H-pyrrole nitrogens is 1. The first-order valence-corrected chi connectivity index (χ1v) is 10.9. The van der Waals surface area contributed by atoms with Crippen molar-refractivity contribution in [3.05, 3.63) is 36.8 Å². The van der Waals surface area contributed by atoms with E-state index in [1.54, 1.807) is 6.33 Å². The average Bonchev–Trinajstić information content (AvgIpc) is 3.42. The Morgan fingerprint density at radius 1 is 1.23 bits per heavy atom. The lowest BCUT2D eigenvalue weighted by Gasteiger charge is -2.37. The molecule has 1 saturated heterocycles. The monoisotopic (exact) mass is 405 g/mol. The van der Waals surface area contributed by atoms with Crippen LogP contribution in [0.4, 0.5) is 5.69 Å². The van der Waals surface area contributed by atoms with Gasteiger partial charge >= 0.3 is 0 Å². The van der Waals surface area contributed by atoms with Gasteiger partial charge in [-0.15, -0.1) is 0 Å². The van der Waals surface area contributed by atoms with Crippen LogP contribution in [0.2, 0.25) is 0 Å². The number of fused-ring (bicyclic) bond motifs is 2. The zero-order valence-corrected chi connectivity index (χ0v) is 18.1. The Labute approximate surface area is 178 Å². The van der Waals surface area contributed by atoms with E-state index in [0.717, 1.165) is 34.8 Å². The second-order valence-electron chi connectivity index (χ2n) is 9.39. The number of nitrogens with one attached hydrogen (secondary N) is 2. The molecule has 30 heavy (non-hydrogen) atoms. The first-order chi connectivity index (χ1) is 14.4. The lowest BCUT2D eigenvalue weighted by atomic mass is 9.88. The highest BCUT2D eigenvalue weighted by molar-refractivity contribution is 6.08. The molecule has 0 bridgehead atoms. The second kappa shape index (κ2) is 7.15. The number of nitrogens with zero attached hydrogens (tertiary/aromatic N) is 5. The zero-order chi connectivity index (χ0) is 20.9. The van der Waals surface area contributed by atoms with Crippen LogP contribution in [0.5, 0.6) is 0 Å². The molecule has 1 saturated carbocycles. The van der Waals surface area contributed by atoms with Gasteiger partial charge in [0, 0.05) is 30.7 Å². The Morgan fingerprint density at radius 3 is 2.83 bits per heavy atom. The number of imidazole rings is 1. The van der Waals surface area contributed by atoms with E-state index < -0.39 is 0 Å². The van der Waals surface area contributed by atoms with Crippen LogP contribution in [0.1, 0.15) is 39.5 Å². The molecule has 1 unspecified atom stereocenters. The van der Waals surface area contributed by atoms with Gasteiger partial charge in [-0.25, -0.2) is 9.98 Å². The predicted octanol–water partition coefficient (Wildman–Crippen LogP) is 3.84. The maximum Gasteiger partial charge on any atom is 0.224 e. The summed E-state index contributed by atoms with van der Waals surface area (Å²) in [5.74, 6) is 1.79. The quantitative estimate of drug-likeness (QED) is 0.796. The fourth-order valence-corrected chi connectivity index (χ4v) is 5.07. The largest absolute Gasteiger partial charge is 0.366 e. The molecular formula is C23H31N7. The Morgan fingerprint density at radius 2 is 2.03 bits per heavy atom. The second-order valence-corrected chi connectivity index (χ2v) is 9.39. The number of aliphatic imine (C=N–C) groups is 2. The van der Waals surface area contributed by atoms with Gasteiger partial charge in [0.1, 0.15) is 17.4 Å². The Hall–Kier alpha value is -2.83. The highest BCUT2D eigenvalue weighted by Gasteiger charge is 2.42. The summed E-state index contributed by atoms with van der Waals surface area (Å²) in [6.45, 7) is 10.7. The first-order valence-electron chi connectivity index (χ1n) is 10.9. The maximum atomic E-state index is 5.09. The minimum absolute atomic E-state index is 0.00850. The molecule has 7 nitrogen and oxygen atoms in total. The molecule has 158 valence electrons. The third-order valence-corrected chi connectivity index (χ3v) is 6.93. The predicted molar refractivity (Wildman–Crippen MR) is 123 cm³/mol. The average molecular weight is 406 g/mol. The molecule has 1 atom stereocenters. The van der Waals surface area contributed by atoms with Gasteiger partial charge < -0.3 is 20.1 Å². The van der Waals surface area contributed by atoms with E-state index in [4.69, 9.17) is 9.98 Å². The van der Waals surface area contributed by atoms with Gasteiger partial charge in [-0.3, -0.25) is 0 Å². The van der Waals surface area contributed by atoms with Crippen molar-refractivity contribution in [1.82, 2.24) is 19.8 Å². The smallest absolute Gasteiger partial charge is 0.224 e. The summed E-state index contributed by atoms with van der Waals surface area (Å²) in [7, 11) is 2.14. The molecule has 5 rings (SSSR count). The summed E-state index contributed by atoms with van der Waals surface area (Å²) in [6, 6.07) is 6.74. The van der Waals surface area contributed by atoms with E-state index in [1.165, 1.54) is 25.7 Å². The summed E-state index contributed by atoms with van der Waals surface area (Å²) >= 11 is 0. The van der Waals surface area contributed by atoms with E-state index in [1.807, 2.05) is 18.2 Å². The molecule has 1 aromatic carbocycles. The van der Waals surface area contributed by atoms with E-state index >= 15 is 0 Å². The van der Waals surface area contributed by atoms with Crippen LogP contribution in [0, 0.1) is 5.41 Å². The minimum atomic E-state index is -0.00850. The summed E-state index contributed by atoms with van der Waals surface area (Å²) < 4.78 is 0. The molecule has 2 N–H and O–H groups in total. The van der Waals surface area contributed by atoms with Gasteiger partial charge in [-0.1, -0.05) is 39.3 Å². The third-order valence-electron chi connectivity index (χ3n) is 6.93. The molecule has 2 aliphatic heterocycles. The standard InChI is InChI=1S/C23H31N7/c1-15-23(2,3)13-30(16-8-5-6-9-16)21-19(29(15)4)12-24-22(28-21)27-18-11-7-10-17-20(18)26-14-25-17/h7,10-11,14,16,19H,1,5-6,8-9,12-13H2,2-4H3,(H,24,27)(H,25,26). The van der Waals surface area contributed by atoms with E-state index in [0.29, 0.717) is 18.5 Å². The van der Waals surface area contributed by atoms with Crippen molar-refractivity contribution in [1.29, 1.82) is 0 Å². The molecule has 7 heteroatoms. The number of hydrogen-bond donors (Lipinski definition) is 2. The normalized spacial score (nSPS) is 24.5. The number of amidine groups is 1. The minimum Gasteiger partial charge on any atom is -0.366 e. The van der Waals surface area contributed by atoms with Gasteiger partial charge in [0.2, 0.25) is 5.96 Å². The number of aromatic nitrogens is 2. The number of benzene rings is 1. The highest BCUT2D eigenvalue weighted by atomic mass is 15.4. The number of guanidine groups is 1. The number of aromatic amines is 1. The summed E-state index contributed by atoms with van der Waals surface area (Å²) in [4.78, 5) is 22.4. The molecule has 1 aliphatic carbocycles. The van der Waals surface area contributed by atoms with Crippen LogP contribution in [-0.2, 0) is 0 Å². The molecule has 0 spiro atoms. The number of anilines is 1. The fourth-order valence-electron chi connectivity index (χ4n) is 5.07. The summed E-state index contributed by atoms with van der Waals surface area (Å²) in [5.41, 5.74) is 3.98. The topological polar surface area (TPSA) is 71.9 Å².